The second kappa shape index (κ2) is 8.92. The Morgan fingerprint density at radius 1 is 1.14 bits per heavy atom. The normalized spacial score (nSPS) is 10.5. The van der Waals surface area contributed by atoms with Gasteiger partial charge in [-0.05, 0) is 42.0 Å². The lowest BCUT2D eigenvalue weighted by atomic mass is 10.2. The Kier molecular flexibility index (Phi) is 6.13. The molecule has 0 spiro atoms. The van der Waals surface area contributed by atoms with Crippen molar-refractivity contribution in [3.8, 4) is 5.69 Å². The summed E-state index contributed by atoms with van der Waals surface area (Å²) in [4.78, 5) is 23.9. The van der Waals surface area contributed by atoms with Crippen LogP contribution in [0.3, 0.4) is 0 Å². The van der Waals surface area contributed by atoms with E-state index in [-0.39, 0.29) is 36.5 Å². The second-order valence-corrected chi connectivity index (χ2v) is 5.99. The molecule has 2 aromatic carbocycles. The molecule has 28 heavy (non-hydrogen) atoms. The zero-order valence-corrected chi connectivity index (χ0v) is 15.2. The molecular formula is C20H19FN4O3. The van der Waals surface area contributed by atoms with Crippen molar-refractivity contribution in [1.29, 1.82) is 0 Å². The van der Waals surface area contributed by atoms with Crippen LogP contribution in [-0.4, -0.2) is 35.3 Å². The van der Waals surface area contributed by atoms with Gasteiger partial charge < -0.3 is 15.4 Å². The van der Waals surface area contributed by atoms with Crippen molar-refractivity contribution in [2.45, 2.75) is 6.54 Å². The number of hydrogen-bond acceptors (Lipinski definition) is 4. The van der Waals surface area contributed by atoms with Crippen molar-refractivity contribution in [1.82, 2.24) is 15.1 Å². The standard InChI is InChI=1S/C20H19FN4O3/c1-28-13-19(26)23-16-6-2-4-14(10-16)12-22-20(27)18-8-9-25(24-18)17-7-3-5-15(21)11-17/h2-11H,12-13H2,1H3,(H,22,27)(H,23,26). The van der Waals surface area contributed by atoms with Gasteiger partial charge in [0.15, 0.2) is 5.69 Å². The summed E-state index contributed by atoms with van der Waals surface area (Å²) in [6.07, 6.45) is 1.59. The number of methoxy groups -OCH3 is 1. The van der Waals surface area contributed by atoms with E-state index in [2.05, 4.69) is 15.7 Å². The number of carbonyl (C=O) groups excluding carboxylic acids is 2. The van der Waals surface area contributed by atoms with E-state index < -0.39 is 0 Å². The summed E-state index contributed by atoms with van der Waals surface area (Å²) in [7, 11) is 1.45. The quantitative estimate of drug-likeness (QED) is 0.658. The fourth-order valence-corrected chi connectivity index (χ4v) is 2.57. The second-order valence-electron chi connectivity index (χ2n) is 5.99. The number of nitrogens with one attached hydrogen (secondary N) is 2. The molecule has 1 aromatic heterocycles. The number of halogens is 1. The molecule has 0 bridgehead atoms. The van der Waals surface area contributed by atoms with E-state index in [0.29, 0.717) is 11.4 Å². The van der Waals surface area contributed by atoms with Gasteiger partial charge in [0.05, 0.1) is 5.69 Å². The van der Waals surface area contributed by atoms with Gasteiger partial charge in [0.25, 0.3) is 5.91 Å². The van der Waals surface area contributed by atoms with Gasteiger partial charge in [-0.1, -0.05) is 18.2 Å². The van der Waals surface area contributed by atoms with Gasteiger partial charge in [-0.3, -0.25) is 9.59 Å². The minimum absolute atomic E-state index is 0.0328. The molecule has 2 N–H and O–H groups in total. The Morgan fingerprint density at radius 2 is 1.96 bits per heavy atom. The SMILES string of the molecule is COCC(=O)Nc1cccc(CNC(=O)c2ccn(-c3cccc(F)c3)n2)c1. The molecule has 0 saturated heterocycles. The lowest BCUT2D eigenvalue weighted by Gasteiger charge is -2.08. The zero-order chi connectivity index (χ0) is 19.9. The molecule has 2 amide bonds. The molecule has 3 rings (SSSR count). The van der Waals surface area contributed by atoms with Crippen LogP contribution in [-0.2, 0) is 16.1 Å². The van der Waals surface area contributed by atoms with Crippen molar-refractivity contribution >= 4 is 17.5 Å². The minimum Gasteiger partial charge on any atom is -0.375 e. The van der Waals surface area contributed by atoms with E-state index in [4.69, 9.17) is 4.74 Å². The third-order valence-electron chi connectivity index (χ3n) is 3.83. The number of amides is 2. The van der Waals surface area contributed by atoms with Crippen LogP contribution in [0.1, 0.15) is 16.1 Å². The van der Waals surface area contributed by atoms with E-state index >= 15 is 0 Å². The number of anilines is 1. The maximum Gasteiger partial charge on any atom is 0.272 e. The Balaban J connectivity index is 1.61. The lowest BCUT2D eigenvalue weighted by molar-refractivity contribution is -0.119. The molecule has 1 heterocycles. The molecule has 0 fully saturated rings. The topological polar surface area (TPSA) is 85.3 Å². The number of rotatable bonds is 7. The van der Waals surface area contributed by atoms with E-state index in [1.807, 2.05) is 6.07 Å². The van der Waals surface area contributed by atoms with Gasteiger partial charge in [0.1, 0.15) is 12.4 Å². The van der Waals surface area contributed by atoms with E-state index in [0.717, 1.165) is 5.56 Å². The van der Waals surface area contributed by atoms with Gasteiger partial charge in [-0.25, -0.2) is 9.07 Å². The molecule has 0 radical (unpaired) electrons. The lowest BCUT2D eigenvalue weighted by Crippen LogP contribution is -2.23. The average Bonchev–Trinajstić information content (AvgIpc) is 3.17. The largest absolute Gasteiger partial charge is 0.375 e. The predicted octanol–water partition coefficient (Wildman–Crippen LogP) is 2.53. The molecule has 0 aliphatic heterocycles. The Bertz CT molecular complexity index is 987. The molecular weight excluding hydrogens is 363 g/mol. The first-order valence-electron chi connectivity index (χ1n) is 8.52. The smallest absolute Gasteiger partial charge is 0.272 e. The van der Waals surface area contributed by atoms with Crippen LogP contribution in [0.25, 0.3) is 5.69 Å². The Labute approximate surface area is 161 Å². The molecule has 8 heteroatoms. The van der Waals surface area contributed by atoms with Crippen molar-refractivity contribution < 1.29 is 18.7 Å². The first-order valence-corrected chi connectivity index (χ1v) is 8.52. The molecule has 144 valence electrons. The first kappa shape index (κ1) is 19.2. The number of carbonyl (C=O) groups is 2. The highest BCUT2D eigenvalue weighted by atomic mass is 19.1. The average molecular weight is 382 g/mol. The van der Waals surface area contributed by atoms with Crippen LogP contribution in [0.5, 0.6) is 0 Å². The maximum absolute atomic E-state index is 13.3. The number of benzene rings is 2. The fourth-order valence-electron chi connectivity index (χ4n) is 2.57. The summed E-state index contributed by atoms with van der Waals surface area (Å²) in [6.45, 7) is 0.231. The summed E-state index contributed by atoms with van der Waals surface area (Å²) >= 11 is 0. The Hall–Kier alpha value is -3.52. The predicted molar refractivity (Wildman–Crippen MR) is 102 cm³/mol. The van der Waals surface area contributed by atoms with Crippen LogP contribution in [0, 0.1) is 5.82 Å². The highest BCUT2D eigenvalue weighted by molar-refractivity contribution is 5.92. The van der Waals surface area contributed by atoms with E-state index in [1.165, 1.54) is 23.9 Å². The third kappa shape index (κ3) is 5.01. The summed E-state index contributed by atoms with van der Waals surface area (Å²) in [5.41, 5.74) is 2.17. The van der Waals surface area contributed by atoms with Crippen molar-refractivity contribution in [3.63, 3.8) is 0 Å². The molecule has 0 aliphatic carbocycles. The maximum atomic E-state index is 13.3. The third-order valence-corrected chi connectivity index (χ3v) is 3.83. The van der Waals surface area contributed by atoms with Crippen molar-refractivity contribution in [2.24, 2.45) is 0 Å². The van der Waals surface area contributed by atoms with E-state index in [9.17, 15) is 14.0 Å². The molecule has 0 unspecified atom stereocenters. The molecule has 7 nitrogen and oxygen atoms in total. The van der Waals surface area contributed by atoms with Crippen LogP contribution in [0.15, 0.2) is 60.8 Å². The van der Waals surface area contributed by atoms with Crippen molar-refractivity contribution in [3.05, 3.63) is 77.9 Å². The zero-order valence-electron chi connectivity index (χ0n) is 15.2. The number of aromatic nitrogens is 2. The highest BCUT2D eigenvalue weighted by Crippen LogP contribution is 2.12. The molecule has 0 aliphatic rings. The van der Waals surface area contributed by atoms with Gasteiger partial charge in [0, 0.05) is 25.5 Å². The molecule has 0 atom stereocenters. The Morgan fingerprint density at radius 3 is 2.75 bits per heavy atom. The number of hydrogen-bond donors (Lipinski definition) is 2. The van der Waals surface area contributed by atoms with Crippen LogP contribution < -0.4 is 10.6 Å². The monoisotopic (exact) mass is 382 g/mol. The number of nitrogens with zero attached hydrogens (tertiary/aromatic N) is 2. The highest BCUT2D eigenvalue weighted by Gasteiger charge is 2.11. The van der Waals surface area contributed by atoms with Crippen LogP contribution >= 0.6 is 0 Å². The molecule has 3 aromatic rings. The van der Waals surface area contributed by atoms with Gasteiger partial charge >= 0.3 is 0 Å². The van der Waals surface area contributed by atoms with Crippen molar-refractivity contribution in [2.75, 3.05) is 19.0 Å². The number of ether oxygens (including phenoxy) is 1. The van der Waals surface area contributed by atoms with Crippen LogP contribution in [0.2, 0.25) is 0 Å². The van der Waals surface area contributed by atoms with Crippen LogP contribution in [0.4, 0.5) is 10.1 Å². The van der Waals surface area contributed by atoms with Gasteiger partial charge in [-0.2, -0.15) is 5.10 Å². The van der Waals surface area contributed by atoms with Gasteiger partial charge in [-0.15, -0.1) is 0 Å². The summed E-state index contributed by atoms with van der Waals surface area (Å²) in [5.74, 6) is -0.993. The van der Waals surface area contributed by atoms with E-state index in [1.54, 1.807) is 42.6 Å². The molecule has 0 saturated carbocycles. The van der Waals surface area contributed by atoms with Gasteiger partial charge in [0.2, 0.25) is 5.91 Å². The summed E-state index contributed by atoms with van der Waals surface area (Å²) in [5, 5.41) is 9.65. The first-order chi connectivity index (χ1) is 13.5. The fraction of sp³-hybridized carbons (Fsp3) is 0.150. The summed E-state index contributed by atoms with van der Waals surface area (Å²) in [6, 6.07) is 14.6. The summed E-state index contributed by atoms with van der Waals surface area (Å²) < 4.78 is 19.5. The minimum atomic E-state index is -0.378.